The number of urea groups is 1. The van der Waals surface area contributed by atoms with E-state index in [0.717, 1.165) is 11.3 Å². The van der Waals surface area contributed by atoms with E-state index in [1.807, 2.05) is 26.8 Å². The highest BCUT2D eigenvalue weighted by Crippen LogP contribution is 2.08. The van der Waals surface area contributed by atoms with Crippen molar-refractivity contribution in [3.05, 3.63) is 23.4 Å². The second-order valence-corrected chi connectivity index (χ2v) is 4.06. The maximum absolute atomic E-state index is 11.6. The minimum Gasteiger partial charge on any atom is -0.394 e. The maximum Gasteiger partial charge on any atom is 0.320 e. The van der Waals surface area contributed by atoms with E-state index in [1.165, 1.54) is 0 Å². The first-order valence-electron chi connectivity index (χ1n) is 5.68. The molecular formula is C12H19N3O2. The van der Waals surface area contributed by atoms with Crippen molar-refractivity contribution >= 4 is 11.8 Å². The van der Waals surface area contributed by atoms with Crippen LogP contribution < -0.4 is 10.6 Å². The van der Waals surface area contributed by atoms with Crippen LogP contribution in [0.25, 0.3) is 0 Å². The molecule has 3 N–H and O–H groups in total. The number of carbonyl (C=O) groups excluding carboxylic acids is 1. The molecule has 0 aliphatic carbocycles. The van der Waals surface area contributed by atoms with Crippen LogP contribution in [0.1, 0.15) is 24.6 Å². The van der Waals surface area contributed by atoms with Gasteiger partial charge >= 0.3 is 6.03 Å². The quantitative estimate of drug-likeness (QED) is 0.744. The van der Waals surface area contributed by atoms with Crippen molar-refractivity contribution < 1.29 is 9.90 Å². The molecule has 5 nitrogen and oxygen atoms in total. The zero-order valence-corrected chi connectivity index (χ0v) is 10.4. The summed E-state index contributed by atoms with van der Waals surface area (Å²) in [5.41, 5.74) is 1.90. The highest BCUT2D eigenvalue weighted by molar-refractivity contribution is 5.88. The summed E-state index contributed by atoms with van der Waals surface area (Å²) in [5.74, 6) is 0.521. The number of aliphatic hydroxyl groups excluding tert-OH is 1. The van der Waals surface area contributed by atoms with Gasteiger partial charge in [0.25, 0.3) is 0 Å². The van der Waals surface area contributed by atoms with Gasteiger partial charge in [0.2, 0.25) is 0 Å². The van der Waals surface area contributed by atoms with Gasteiger partial charge in [-0.05, 0) is 38.0 Å². The zero-order valence-electron chi connectivity index (χ0n) is 10.4. The minimum atomic E-state index is -0.344. The summed E-state index contributed by atoms with van der Waals surface area (Å²) in [6.07, 6.45) is 0.685. The van der Waals surface area contributed by atoms with Gasteiger partial charge in [-0.15, -0.1) is 0 Å². The molecule has 5 heteroatoms. The lowest BCUT2D eigenvalue weighted by Gasteiger charge is -2.14. The Morgan fingerprint density at radius 3 is 2.71 bits per heavy atom. The molecule has 0 radical (unpaired) electrons. The van der Waals surface area contributed by atoms with Crippen LogP contribution in [-0.2, 0) is 0 Å². The van der Waals surface area contributed by atoms with Crippen molar-refractivity contribution in [1.29, 1.82) is 0 Å². The van der Waals surface area contributed by atoms with Crippen LogP contribution in [0.15, 0.2) is 12.1 Å². The molecular weight excluding hydrogens is 218 g/mol. The fourth-order valence-corrected chi connectivity index (χ4v) is 1.52. The number of amides is 2. The average molecular weight is 237 g/mol. The van der Waals surface area contributed by atoms with E-state index in [1.54, 1.807) is 6.07 Å². The second kappa shape index (κ2) is 6.20. The lowest BCUT2D eigenvalue weighted by Crippen LogP contribution is -2.39. The molecule has 0 bridgehead atoms. The molecule has 1 rings (SSSR count). The number of nitrogens with zero attached hydrogens (tertiary/aromatic N) is 1. The van der Waals surface area contributed by atoms with E-state index >= 15 is 0 Å². The van der Waals surface area contributed by atoms with E-state index in [-0.39, 0.29) is 18.7 Å². The Kier molecular flexibility index (Phi) is 4.90. The number of anilines is 1. The summed E-state index contributed by atoms with van der Waals surface area (Å²) in [5, 5.41) is 14.3. The summed E-state index contributed by atoms with van der Waals surface area (Å²) < 4.78 is 0. The summed E-state index contributed by atoms with van der Waals surface area (Å²) in [6.45, 7) is 5.65. The van der Waals surface area contributed by atoms with Crippen LogP contribution in [-0.4, -0.2) is 28.8 Å². The molecule has 1 aromatic rings. The molecule has 17 heavy (non-hydrogen) atoms. The Labute approximate surface area is 101 Å². The predicted molar refractivity (Wildman–Crippen MR) is 67.0 cm³/mol. The lowest BCUT2D eigenvalue weighted by molar-refractivity contribution is 0.222. The third kappa shape index (κ3) is 4.40. The monoisotopic (exact) mass is 237 g/mol. The summed E-state index contributed by atoms with van der Waals surface area (Å²) in [7, 11) is 0. The Bertz CT molecular complexity index is 369. The number of nitrogens with one attached hydrogen (secondary N) is 2. The van der Waals surface area contributed by atoms with Gasteiger partial charge in [-0.3, -0.25) is 5.32 Å². The molecule has 1 heterocycles. The van der Waals surface area contributed by atoms with Crippen molar-refractivity contribution in [3.8, 4) is 0 Å². The van der Waals surface area contributed by atoms with E-state index in [2.05, 4.69) is 15.6 Å². The third-order valence-corrected chi connectivity index (χ3v) is 2.39. The van der Waals surface area contributed by atoms with Gasteiger partial charge in [0.05, 0.1) is 12.6 Å². The molecule has 0 unspecified atom stereocenters. The normalized spacial score (nSPS) is 12.0. The van der Waals surface area contributed by atoms with Gasteiger partial charge in [-0.1, -0.05) is 6.92 Å². The Morgan fingerprint density at radius 2 is 2.18 bits per heavy atom. The lowest BCUT2D eigenvalue weighted by atomic mass is 10.2. The van der Waals surface area contributed by atoms with Crippen molar-refractivity contribution in [2.24, 2.45) is 0 Å². The zero-order chi connectivity index (χ0) is 12.8. The largest absolute Gasteiger partial charge is 0.394 e. The Balaban J connectivity index is 2.61. The number of rotatable bonds is 4. The number of aromatic nitrogens is 1. The van der Waals surface area contributed by atoms with Gasteiger partial charge in [0.15, 0.2) is 0 Å². The van der Waals surface area contributed by atoms with E-state index < -0.39 is 0 Å². The van der Waals surface area contributed by atoms with Crippen molar-refractivity contribution in [2.75, 3.05) is 11.9 Å². The number of hydrogen-bond donors (Lipinski definition) is 3. The molecule has 1 atom stereocenters. The molecule has 2 amide bonds. The molecule has 0 saturated carbocycles. The standard InChI is InChI=1S/C12H19N3O2/c1-4-10(7-16)14-12(17)15-11-6-8(2)5-9(3)13-11/h5-6,10,16H,4,7H2,1-3H3,(H2,13,14,15,17)/t10-/m1/s1. The van der Waals surface area contributed by atoms with E-state index in [0.29, 0.717) is 12.2 Å². The first-order valence-corrected chi connectivity index (χ1v) is 5.68. The number of aliphatic hydroxyl groups is 1. The molecule has 0 aliphatic rings. The van der Waals surface area contributed by atoms with Crippen LogP contribution in [0.2, 0.25) is 0 Å². The molecule has 0 fully saturated rings. The highest BCUT2D eigenvalue weighted by Gasteiger charge is 2.09. The van der Waals surface area contributed by atoms with Crippen LogP contribution in [0.5, 0.6) is 0 Å². The predicted octanol–water partition coefficient (Wildman–Crippen LogP) is 1.59. The van der Waals surface area contributed by atoms with Crippen LogP contribution in [0.4, 0.5) is 10.6 Å². The number of hydrogen-bond acceptors (Lipinski definition) is 3. The van der Waals surface area contributed by atoms with Gasteiger partial charge < -0.3 is 10.4 Å². The van der Waals surface area contributed by atoms with Gasteiger partial charge in [-0.2, -0.15) is 0 Å². The van der Waals surface area contributed by atoms with Crippen molar-refractivity contribution in [1.82, 2.24) is 10.3 Å². The van der Waals surface area contributed by atoms with E-state index in [4.69, 9.17) is 5.11 Å². The first-order chi connectivity index (χ1) is 8.05. The summed E-state index contributed by atoms with van der Waals surface area (Å²) >= 11 is 0. The van der Waals surface area contributed by atoms with Crippen molar-refractivity contribution in [2.45, 2.75) is 33.2 Å². The maximum atomic E-state index is 11.6. The van der Waals surface area contributed by atoms with Gasteiger partial charge in [0.1, 0.15) is 5.82 Å². The third-order valence-electron chi connectivity index (χ3n) is 2.39. The summed E-state index contributed by atoms with van der Waals surface area (Å²) in [4.78, 5) is 15.8. The van der Waals surface area contributed by atoms with E-state index in [9.17, 15) is 4.79 Å². The molecule has 0 spiro atoms. The topological polar surface area (TPSA) is 74.2 Å². The van der Waals surface area contributed by atoms with Crippen LogP contribution in [0, 0.1) is 13.8 Å². The molecule has 0 aromatic carbocycles. The number of pyridine rings is 1. The molecule has 0 aliphatic heterocycles. The van der Waals surface area contributed by atoms with Crippen LogP contribution in [0.3, 0.4) is 0 Å². The fourth-order valence-electron chi connectivity index (χ4n) is 1.52. The smallest absolute Gasteiger partial charge is 0.320 e. The minimum absolute atomic E-state index is 0.0653. The molecule has 94 valence electrons. The fraction of sp³-hybridized carbons (Fsp3) is 0.500. The van der Waals surface area contributed by atoms with Gasteiger partial charge in [-0.25, -0.2) is 9.78 Å². The van der Waals surface area contributed by atoms with Gasteiger partial charge in [0, 0.05) is 5.69 Å². The number of aryl methyl sites for hydroxylation is 2. The summed E-state index contributed by atoms with van der Waals surface area (Å²) in [6, 6.07) is 3.17. The average Bonchev–Trinajstić information content (AvgIpc) is 2.24. The van der Waals surface area contributed by atoms with Crippen molar-refractivity contribution in [3.63, 3.8) is 0 Å². The molecule has 0 saturated heterocycles. The first kappa shape index (κ1) is 13.4. The molecule has 1 aromatic heterocycles. The van der Waals surface area contributed by atoms with Crippen LogP contribution >= 0.6 is 0 Å². The second-order valence-electron chi connectivity index (χ2n) is 4.06. The Hall–Kier alpha value is -1.62. The SMILES string of the molecule is CC[C@H](CO)NC(=O)Nc1cc(C)cc(C)n1. The Morgan fingerprint density at radius 1 is 1.47 bits per heavy atom. The highest BCUT2D eigenvalue weighted by atomic mass is 16.3. The number of carbonyl (C=O) groups is 1.